The van der Waals surface area contributed by atoms with Gasteiger partial charge < -0.3 is 20.0 Å². The van der Waals surface area contributed by atoms with Gasteiger partial charge >= 0.3 is 0 Å². The summed E-state index contributed by atoms with van der Waals surface area (Å²) in [5.41, 5.74) is 1.76. The zero-order chi connectivity index (χ0) is 20.8. The van der Waals surface area contributed by atoms with Crippen molar-refractivity contribution in [1.82, 2.24) is 5.32 Å². The fourth-order valence-electron chi connectivity index (χ4n) is 2.34. The lowest BCUT2D eigenvalue weighted by atomic mass is 10.2. The Morgan fingerprint density at radius 2 is 2.07 bits per heavy atom. The second-order valence-corrected chi connectivity index (χ2v) is 8.41. The maximum atomic E-state index is 11.6. The second kappa shape index (κ2) is 9.91. The van der Waals surface area contributed by atoms with Gasteiger partial charge in [-0.1, -0.05) is 35.5 Å². The van der Waals surface area contributed by atoms with E-state index in [-0.39, 0.29) is 11.6 Å². The first-order valence-corrected chi connectivity index (χ1v) is 10.4. The van der Waals surface area contributed by atoms with E-state index in [2.05, 4.69) is 31.4 Å². The van der Waals surface area contributed by atoms with Crippen LogP contribution in [-0.2, 0) is 16.2 Å². The van der Waals surface area contributed by atoms with Gasteiger partial charge in [0.25, 0.3) is 0 Å². The third-order valence-corrected chi connectivity index (χ3v) is 5.69. The molecule has 1 aliphatic rings. The van der Waals surface area contributed by atoms with Crippen LogP contribution in [0.1, 0.15) is 17.5 Å². The van der Waals surface area contributed by atoms with Crippen LogP contribution in [0, 0.1) is 0 Å². The van der Waals surface area contributed by atoms with Crippen molar-refractivity contribution >= 4 is 62.6 Å². The number of amides is 1. The number of carbonyl (C=O) groups is 2. The summed E-state index contributed by atoms with van der Waals surface area (Å²) < 4.78 is 6.54. The first kappa shape index (κ1) is 21.4. The molecule has 1 fully saturated rings. The van der Waals surface area contributed by atoms with Crippen LogP contribution in [0.2, 0.25) is 5.02 Å². The van der Waals surface area contributed by atoms with Gasteiger partial charge in [-0.05, 0) is 57.4 Å². The van der Waals surface area contributed by atoms with Crippen molar-refractivity contribution in [1.29, 1.82) is 0 Å². The number of benzene rings is 2. The predicted octanol–water partition coefficient (Wildman–Crippen LogP) is 2.74. The van der Waals surface area contributed by atoms with Crippen LogP contribution in [0.3, 0.4) is 0 Å². The highest BCUT2D eigenvalue weighted by molar-refractivity contribution is 9.10. The minimum absolute atomic E-state index is 0.250. The smallest absolute Gasteiger partial charge is 0.239 e. The number of ether oxygens (including phenoxy) is 1. The van der Waals surface area contributed by atoms with Crippen LogP contribution in [-0.4, -0.2) is 28.5 Å². The molecule has 3 rings (SSSR count). The molecule has 1 saturated heterocycles. The molecule has 0 aromatic heterocycles. The minimum Gasteiger partial charge on any atom is -0.550 e. The predicted molar refractivity (Wildman–Crippen MR) is 114 cm³/mol. The molecule has 0 aliphatic carbocycles. The van der Waals surface area contributed by atoms with E-state index in [9.17, 15) is 14.7 Å². The Labute approximate surface area is 184 Å². The molecule has 0 spiro atoms. The van der Waals surface area contributed by atoms with E-state index < -0.39 is 17.1 Å². The molecule has 1 atom stereocenters. The van der Waals surface area contributed by atoms with E-state index in [0.29, 0.717) is 17.4 Å². The van der Waals surface area contributed by atoms with Crippen molar-refractivity contribution in [3.8, 4) is 5.75 Å². The van der Waals surface area contributed by atoms with Gasteiger partial charge in [0.1, 0.15) is 12.4 Å². The molecule has 10 heteroatoms. The van der Waals surface area contributed by atoms with Crippen molar-refractivity contribution in [3.05, 3.63) is 63.1 Å². The Kier molecular flexibility index (Phi) is 7.29. The first-order valence-electron chi connectivity index (χ1n) is 8.36. The molecule has 1 amide bonds. The molecule has 150 valence electrons. The Balaban J connectivity index is 1.58. The maximum Gasteiger partial charge on any atom is 0.239 e. The zero-order valence-electron chi connectivity index (χ0n) is 14.8. The van der Waals surface area contributed by atoms with Gasteiger partial charge in [0, 0.05) is 17.4 Å². The van der Waals surface area contributed by atoms with Gasteiger partial charge in [-0.25, -0.2) is 0 Å². The number of hydrogen-bond acceptors (Lipinski definition) is 7. The minimum atomic E-state index is -1.29. The number of rotatable bonds is 7. The Morgan fingerprint density at radius 1 is 1.31 bits per heavy atom. The Bertz CT molecular complexity index is 982. The number of halogens is 2. The molecular weight excluding hydrogens is 482 g/mol. The largest absolute Gasteiger partial charge is 0.550 e. The van der Waals surface area contributed by atoms with Gasteiger partial charge in [-0.15, -0.1) is 5.10 Å². The van der Waals surface area contributed by atoms with Crippen LogP contribution in [0.5, 0.6) is 5.75 Å². The van der Waals surface area contributed by atoms with Crippen LogP contribution in [0.4, 0.5) is 0 Å². The van der Waals surface area contributed by atoms with E-state index in [1.165, 1.54) is 6.21 Å². The van der Waals surface area contributed by atoms with Gasteiger partial charge in [0.2, 0.25) is 5.91 Å². The molecule has 0 saturated carbocycles. The zero-order valence-corrected chi connectivity index (χ0v) is 18.0. The van der Waals surface area contributed by atoms with Crippen LogP contribution in [0.25, 0.3) is 0 Å². The Morgan fingerprint density at radius 3 is 2.76 bits per heavy atom. The molecule has 1 N–H and O–H groups in total. The lowest BCUT2D eigenvalue weighted by Crippen LogP contribution is -2.31. The monoisotopic (exact) mass is 494 g/mol. The van der Waals surface area contributed by atoms with Crippen LogP contribution >= 0.6 is 39.3 Å². The van der Waals surface area contributed by atoms with E-state index >= 15 is 0 Å². The summed E-state index contributed by atoms with van der Waals surface area (Å²) in [7, 11) is 0. The number of carboxylic acid groups (broad SMARTS) is 1. The molecule has 1 heterocycles. The number of nitrogens with zero attached hydrogens (tertiary/aromatic N) is 2. The number of carboxylic acids is 1. The summed E-state index contributed by atoms with van der Waals surface area (Å²) in [5, 5.41) is 21.1. The molecule has 2 aromatic carbocycles. The van der Waals surface area contributed by atoms with Crippen LogP contribution in [0.15, 0.2) is 57.1 Å². The third-order valence-electron chi connectivity index (χ3n) is 3.75. The van der Waals surface area contributed by atoms with Gasteiger partial charge in [-0.3, -0.25) is 4.79 Å². The number of hydrogen-bond donors (Lipinski definition) is 1. The maximum absolute atomic E-state index is 11.6. The van der Waals surface area contributed by atoms with Crippen molar-refractivity contribution in [3.63, 3.8) is 0 Å². The van der Waals surface area contributed by atoms with E-state index in [1.54, 1.807) is 6.07 Å². The molecule has 1 unspecified atom stereocenters. The van der Waals surface area contributed by atoms with Gasteiger partial charge in [-0.2, -0.15) is 5.10 Å². The van der Waals surface area contributed by atoms with Gasteiger partial charge in [0.05, 0.1) is 15.9 Å². The second-order valence-electron chi connectivity index (χ2n) is 5.93. The average Bonchev–Trinajstić information content (AvgIpc) is 3.01. The summed E-state index contributed by atoms with van der Waals surface area (Å²) in [6.45, 7) is 0.404. The fraction of sp³-hybridized carbons (Fsp3) is 0.158. The summed E-state index contributed by atoms with van der Waals surface area (Å²) >= 11 is 10.3. The normalized spacial score (nSPS) is 17.7. The van der Waals surface area contributed by atoms with E-state index in [1.807, 2.05) is 36.4 Å². The lowest BCUT2D eigenvalue weighted by molar-refractivity contribution is -0.305. The number of aliphatic carboxylic acids is 1. The molecule has 0 radical (unpaired) electrons. The van der Waals surface area contributed by atoms with Crippen molar-refractivity contribution in [2.24, 2.45) is 10.2 Å². The molecule has 2 aromatic rings. The first-order chi connectivity index (χ1) is 13.9. The molecule has 7 nitrogen and oxygen atoms in total. The highest BCUT2D eigenvalue weighted by Crippen LogP contribution is 2.27. The molecule has 0 bridgehead atoms. The quantitative estimate of drug-likeness (QED) is 0.470. The SMILES string of the molecule is O=C([O-])CC1SC(=NN=Cc2ccc(OCc3ccc(Cl)cc3)c(Br)c2)NC1=O. The lowest BCUT2D eigenvalue weighted by Gasteiger charge is -2.09. The van der Waals surface area contributed by atoms with Gasteiger partial charge in [0.15, 0.2) is 5.17 Å². The number of amidine groups is 1. The van der Waals surface area contributed by atoms with Crippen molar-refractivity contribution < 1.29 is 19.4 Å². The fourth-order valence-corrected chi connectivity index (χ4v) is 3.89. The van der Waals surface area contributed by atoms with E-state index in [4.69, 9.17) is 16.3 Å². The van der Waals surface area contributed by atoms with Crippen LogP contribution < -0.4 is 15.2 Å². The number of carbonyl (C=O) groups excluding carboxylic acids is 2. The van der Waals surface area contributed by atoms with E-state index in [0.717, 1.165) is 27.4 Å². The molecule has 1 aliphatic heterocycles. The summed E-state index contributed by atoms with van der Waals surface area (Å²) in [6, 6.07) is 12.8. The third kappa shape index (κ3) is 6.31. The topological polar surface area (TPSA) is 103 Å². The summed E-state index contributed by atoms with van der Waals surface area (Å²) in [5.74, 6) is -1.03. The highest BCUT2D eigenvalue weighted by atomic mass is 79.9. The highest BCUT2D eigenvalue weighted by Gasteiger charge is 2.30. The number of nitrogens with one attached hydrogen (secondary N) is 1. The Hall–Kier alpha value is -2.36. The molecular formula is C19H14BrClN3O4S-. The summed E-state index contributed by atoms with van der Waals surface area (Å²) in [6.07, 6.45) is 1.14. The van der Waals surface area contributed by atoms with Crippen molar-refractivity contribution in [2.75, 3.05) is 0 Å². The molecule has 29 heavy (non-hydrogen) atoms. The summed E-state index contributed by atoms with van der Waals surface area (Å²) in [4.78, 5) is 22.2. The van der Waals surface area contributed by atoms with Crippen molar-refractivity contribution in [2.45, 2.75) is 18.3 Å². The number of thioether (sulfide) groups is 1. The standard InChI is InChI=1S/C19H15BrClN3O4S/c20-14-7-12(3-6-15(14)28-10-11-1-4-13(21)5-2-11)9-22-24-19-23-18(27)16(29-19)8-17(25)26/h1-7,9,16H,8,10H2,(H,25,26)(H,23,24,27)/p-1. The average molecular weight is 496 g/mol.